The van der Waals surface area contributed by atoms with E-state index in [0.29, 0.717) is 5.69 Å². The van der Waals surface area contributed by atoms with Gasteiger partial charge in [0.25, 0.3) is 0 Å². The first-order valence-electron chi connectivity index (χ1n) is 12.0. The van der Waals surface area contributed by atoms with E-state index in [4.69, 9.17) is 0 Å². The predicted octanol–water partition coefficient (Wildman–Crippen LogP) is 6.21. The van der Waals surface area contributed by atoms with Crippen LogP contribution in [0.25, 0.3) is 55.7 Å². The largest absolute Gasteiger partial charge is 0.353 e. The Labute approximate surface area is 213 Å². The fourth-order valence-corrected chi connectivity index (χ4v) is 4.28. The van der Waals surface area contributed by atoms with Gasteiger partial charge in [0.05, 0.1) is 40.7 Å². The fraction of sp³-hybridized carbons (Fsp3) is 0.138. The van der Waals surface area contributed by atoms with Gasteiger partial charge in [-0.1, -0.05) is 39.0 Å². The van der Waals surface area contributed by atoms with E-state index in [1.54, 1.807) is 24.8 Å². The first kappa shape index (κ1) is 22.6. The Morgan fingerprint density at radius 1 is 0.865 bits per heavy atom. The van der Waals surface area contributed by atoms with Crippen LogP contribution in [0.1, 0.15) is 20.8 Å². The van der Waals surface area contributed by atoms with Crippen molar-refractivity contribution >= 4 is 33.4 Å². The van der Waals surface area contributed by atoms with E-state index >= 15 is 0 Å². The molecule has 37 heavy (non-hydrogen) atoms. The quantitative estimate of drug-likeness (QED) is 0.273. The average molecular weight is 488 g/mol. The standard InChI is InChI=1S/C29H25N7O/c1-29(2,3)28(37)33-18-11-17(14-30-15-18)24-13-21-26(16-32-24)35-36-27(21)25-12-20-19(7-6-9-23(20)34-25)22-8-4-5-10-31-22/h4-16,34H,1-3H3,(H,33,37)(H,35,36). The van der Waals surface area contributed by atoms with Gasteiger partial charge in [0.2, 0.25) is 5.91 Å². The SMILES string of the molecule is CC(C)(C)C(=O)Nc1cncc(-c2cc3c(-c4cc5c(-c6ccccn6)cccc5[nH]4)n[nH]c3cn2)c1. The van der Waals surface area contributed by atoms with E-state index in [-0.39, 0.29) is 5.91 Å². The van der Waals surface area contributed by atoms with Crippen LogP contribution < -0.4 is 5.32 Å². The number of hydrogen-bond donors (Lipinski definition) is 3. The summed E-state index contributed by atoms with van der Waals surface area (Å²) >= 11 is 0. The second kappa shape index (κ2) is 8.67. The Morgan fingerprint density at radius 2 is 1.76 bits per heavy atom. The summed E-state index contributed by atoms with van der Waals surface area (Å²) < 4.78 is 0. The monoisotopic (exact) mass is 487 g/mol. The number of benzene rings is 1. The topological polar surface area (TPSA) is 112 Å². The minimum Gasteiger partial charge on any atom is -0.353 e. The molecule has 0 atom stereocenters. The van der Waals surface area contributed by atoms with E-state index < -0.39 is 5.41 Å². The number of amides is 1. The lowest BCUT2D eigenvalue weighted by molar-refractivity contribution is -0.123. The smallest absolute Gasteiger partial charge is 0.229 e. The van der Waals surface area contributed by atoms with Crippen LogP contribution in [-0.4, -0.2) is 36.0 Å². The molecular weight excluding hydrogens is 462 g/mol. The molecule has 3 N–H and O–H groups in total. The van der Waals surface area contributed by atoms with Crippen molar-refractivity contribution in [1.82, 2.24) is 30.1 Å². The van der Waals surface area contributed by atoms with Crippen molar-refractivity contribution in [3.63, 3.8) is 0 Å². The molecule has 0 spiro atoms. The molecule has 0 radical (unpaired) electrons. The van der Waals surface area contributed by atoms with E-state index in [2.05, 4.69) is 53.6 Å². The second-order valence-electron chi connectivity index (χ2n) is 10.0. The van der Waals surface area contributed by atoms with Crippen molar-refractivity contribution in [1.29, 1.82) is 0 Å². The molecule has 0 fully saturated rings. The number of fused-ring (bicyclic) bond motifs is 2. The molecule has 1 aromatic carbocycles. The van der Waals surface area contributed by atoms with Crippen LogP contribution in [-0.2, 0) is 4.79 Å². The fourth-order valence-electron chi connectivity index (χ4n) is 4.28. The van der Waals surface area contributed by atoms with E-state index in [9.17, 15) is 4.79 Å². The van der Waals surface area contributed by atoms with Crippen LogP contribution >= 0.6 is 0 Å². The highest BCUT2D eigenvalue weighted by atomic mass is 16.2. The van der Waals surface area contributed by atoms with Gasteiger partial charge in [-0.3, -0.25) is 24.8 Å². The average Bonchev–Trinajstić information content (AvgIpc) is 3.52. The molecule has 8 nitrogen and oxygen atoms in total. The number of H-pyrrole nitrogens is 2. The minimum absolute atomic E-state index is 0.0733. The number of carbonyl (C=O) groups excluding carboxylic acids is 1. The number of pyridine rings is 3. The normalized spacial score (nSPS) is 11.8. The van der Waals surface area contributed by atoms with Gasteiger partial charge < -0.3 is 10.3 Å². The zero-order chi connectivity index (χ0) is 25.6. The summed E-state index contributed by atoms with van der Waals surface area (Å²) in [6.07, 6.45) is 6.95. The van der Waals surface area contributed by atoms with Crippen LogP contribution in [0, 0.1) is 5.41 Å². The molecule has 0 bridgehead atoms. The van der Waals surface area contributed by atoms with Gasteiger partial charge in [-0.2, -0.15) is 5.10 Å². The molecule has 5 aromatic heterocycles. The zero-order valence-electron chi connectivity index (χ0n) is 20.7. The zero-order valence-corrected chi connectivity index (χ0v) is 20.7. The van der Waals surface area contributed by atoms with Gasteiger partial charge in [0, 0.05) is 45.2 Å². The third-order valence-electron chi connectivity index (χ3n) is 6.28. The van der Waals surface area contributed by atoms with Gasteiger partial charge in [-0.05, 0) is 36.4 Å². The molecule has 0 saturated carbocycles. The Bertz CT molecular complexity index is 1760. The number of carbonyl (C=O) groups is 1. The highest BCUT2D eigenvalue weighted by Crippen LogP contribution is 2.34. The number of anilines is 1. The highest BCUT2D eigenvalue weighted by Gasteiger charge is 2.21. The predicted molar refractivity (Wildman–Crippen MR) is 146 cm³/mol. The molecule has 0 aliphatic carbocycles. The van der Waals surface area contributed by atoms with Crippen LogP contribution in [0.4, 0.5) is 5.69 Å². The third-order valence-corrected chi connectivity index (χ3v) is 6.28. The second-order valence-corrected chi connectivity index (χ2v) is 10.0. The maximum absolute atomic E-state index is 12.4. The van der Waals surface area contributed by atoms with Gasteiger partial charge in [-0.15, -0.1) is 0 Å². The number of aromatic amines is 2. The van der Waals surface area contributed by atoms with Crippen molar-refractivity contribution in [3.05, 3.63) is 79.4 Å². The van der Waals surface area contributed by atoms with E-state index in [0.717, 1.165) is 55.7 Å². The van der Waals surface area contributed by atoms with E-state index in [1.165, 1.54) is 0 Å². The maximum Gasteiger partial charge on any atom is 0.229 e. The summed E-state index contributed by atoms with van der Waals surface area (Å²) in [4.78, 5) is 29.4. The number of nitrogens with one attached hydrogen (secondary N) is 3. The highest BCUT2D eigenvalue weighted by molar-refractivity contribution is 6.01. The molecule has 0 aliphatic rings. The number of rotatable bonds is 4. The molecule has 5 heterocycles. The Kier molecular flexibility index (Phi) is 5.30. The molecule has 6 aromatic rings. The van der Waals surface area contributed by atoms with Crippen LogP contribution in [0.5, 0.6) is 0 Å². The lowest BCUT2D eigenvalue weighted by Crippen LogP contribution is -2.27. The molecule has 0 saturated heterocycles. The molecule has 8 heteroatoms. The molecule has 1 amide bonds. The Balaban J connectivity index is 1.40. The number of hydrogen-bond acceptors (Lipinski definition) is 5. The summed E-state index contributed by atoms with van der Waals surface area (Å²) in [6.45, 7) is 5.62. The summed E-state index contributed by atoms with van der Waals surface area (Å²) in [5.74, 6) is -0.0733. The van der Waals surface area contributed by atoms with Gasteiger partial charge >= 0.3 is 0 Å². The van der Waals surface area contributed by atoms with E-state index in [1.807, 2.05) is 57.2 Å². The van der Waals surface area contributed by atoms with Crippen molar-refractivity contribution in [2.75, 3.05) is 5.32 Å². The number of aromatic nitrogens is 6. The van der Waals surface area contributed by atoms with Crippen molar-refractivity contribution in [3.8, 4) is 33.9 Å². The maximum atomic E-state index is 12.4. The Morgan fingerprint density at radius 3 is 2.57 bits per heavy atom. The first-order chi connectivity index (χ1) is 17.9. The van der Waals surface area contributed by atoms with Gasteiger partial charge in [-0.25, -0.2) is 0 Å². The Hall–Kier alpha value is -4.85. The van der Waals surface area contributed by atoms with Crippen molar-refractivity contribution in [2.24, 2.45) is 5.41 Å². The first-order valence-corrected chi connectivity index (χ1v) is 12.0. The van der Waals surface area contributed by atoms with Crippen molar-refractivity contribution in [2.45, 2.75) is 20.8 Å². The van der Waals surface area contributed by atoms with Crippen LogP contribution in [0.2, 0.25) is 0 Å². The molecule has 6 rings (SSSR count). The van der Waals surface area contributed by atoms with Gasteiger partial charge in [0.1, 0.15) is 5.69 Å². The lowest BCUT2D eigenvalue weighted by atomic mass is 9.95. The molecular formula is C29H25N7O. The lowest BCUT2D eigenvalue weighted by Gasteiger charge is -2.17. The third kappa shape index (κ3) is 4.23. The summed E-state index contributed by atoms with van der Waals surface area (Å²) in [5, 5.41) is 12.6. The summed E-state index contributed by atoms with van der Waals surface area (Å²) in [6, 6.07) is 18.0. The summed E-state index contributed by atoms with van der Waals surface area (Å²) in [5.41, 5.74) is 7.17. The van der Waals surface area contributed by atoms with Crippen molar-refractivity contribution < 1.29 is 4.79 Å². The molecule has 0 aliphatic heterocycles. The van der Waals surface area contributed by atoms with Gasteiger partial charge in [0.15, 0.2) is 0 Å². The number of nitrogens with zero attached hydrogens (tertiary/aromatic N) is 4. The minimum atomic E-state index is -0.505. The molecule has 0 unspecified atom stereocenters. The van der Waals surface area contributed by atoms with Crippen LogP contribution in [0.3, 0.4) is 0 Å². The van der Waals surface area contributed by atoms with Crippen LogP contribution in [0.15, 0.2) is 79.4 Å². The summed E-state index contributed by atoms with van der Waals surface area (Å²) in [7, 11) is 0. The molecule has 182 valence electrons.